The number of nitriles is 1. The maximum Gasteiger partial charge on any atom is 0.154 e. The van der Waals surface area contributed by atoms with E-state index in [1.165, 1.54) is 0 Å². The standard InChI is InChI=1S/C16H9N3O/c17-10-11-5-6-14-16(9-11)20-15-4-2-1-3-12(15)13-7-8-18-19(13)14/h1-9H. The maximum atomic E-state index is 9.03. The van der Waals surface area contributed by atoms with Crippen molar-refractivity contribution in [2.45, 2.75) is 0 Å². The van der Waals surface area contributed by atoms with Gasteiger partial charge in [0.05, 0.1) is 23.5 Å². The molecular weight excluding hydrogens is 250 g/mol. The van der Waals surface area contributed by atoms with Gasteiger partial charge in [0.25, 0.3) is 0 Å². The summed E-state index contributed by atoms with van der Waals surface area (Å²) in [5.41, 5.74) is 3.36. The molecule has 0 saturated heterocycles. The Morgan fingerprint density at radius 3 is 2.85 bits per heavy atom. The molecule has 0 amide bonds. The third-order valence-electron chi connectivity index (χ3n) is 3.34. The van der Waals surface area contributed by atoms with Crippen molar-refractivity contribution in [2.24, 2.45) is 0 Å². The smallest absolute Gasteiger partial charge is 0.154 e. The van der Waals surface area contributed by atoms with Crippen LogP contribution in [0, 0.1) is 11.3 Å². The normalized spacial score (nSPS) is 11.3. The SMILES string of the molecule is N#Cc1ccc2c(c1)Oc1ccccc1-c1ccnn1-2. The van der Waals surface area contributed by atoms with E-state index in [4.69, 9.17) is 10.00 Å². The molecule has 2 heterocycles. The van der Waals surface area contributed by atoms with Crippen LogP contribution in [-0.2, 0) is 0 Å². The van der Waals surface area contributed by atoms with Crippen LogP contribution in [0.2, 0.25) is 0 Å². The summed E-state index contributed by atoms with van der Waals surface area (Å²) in [5, 5.41) is 13.4. The fourth-order valence-corrected chi connectivity index (χ4v) is 2.43. The summed E-state index contributed by atoms with van der Waals surface area (Å²) in [6.07, 6.45) is 1.76. The highest BCUT2D eigenvalue weighted by atomic mass is 16.5. The lowest BCUT2D eigenvalue weighted by Crippen LogP contribution is -1.98. The van der Waals surface area contributed by atoms with Crippen molar-refractivity contribution >= 4 is 0 Å². The summed E-state index contributed by atoms with van der Waals surface area (Å²) in [6, 6.07) is 17.3. The van der Waals surface area contributed by atoms with Crippen molar-refractivity contribution in [3.05, 3.63) is 60.3 Å². The average Bonchev–Trinajstić information content (AvgIpc) is 2.92. The van der Waals surface area contributed by atoms with Crippen molar-refractivity contribution < 1.29 is 4.74 Å². The second-order valence-corrected chi connectivity index (χ2v) is 4.52. The van der Waals surface area contributed by atoms with Gasteiger partial charge in [0.1, 0.15) is 11.4 Å². The first-order chi connectivity index (χ1) is 9.86. The summed E-state index contributed by atoms with van der Waals surface area (Å²) < 4.78 is 7.81. The van der Waals surface area contributed by atoms with Crippen molar-refractivity contribution in [1.29, 1.82) is 5.26 Å². The van der Waals surface area contributed by atoms with Gasteiger partial charge in [-0.25, -0.2) is 4.68 Å². The van der Waals surface area contributed by atoms with E-state index >= 15 is 0 Å². The Kier molecular flexibility index (Phi) is 2.15. The molecule has 1 aliphatic heterocycles. The number of rotatable bonds is 0. The number of ether oxygens (including phenoxy) is 1. The minimum absolute atomic E-state index is 0.567. The predicted octanol–water partition coefficient (Wildman–Crippen LogP) is 3.52. The van der Waals surface area contributed by atoms with Crippen molar-refractivity contribution in [1.82, 2.24) is 9.78 Å². The van der Waals surface area contributed by atoms with Crippen LogP contribution >= 0.6 is 0 Å². The summed E-state index contributed by atoms with van der Waals surface area (Å²) in [6.45, 7) is 0. The minimum atomic E-state index is 0.567. The van der Waals surface area contributed by atoms with Gasteiger partial charge in [-0.15, -0.1) is 0 Å². The van der Waals surface area contributed by atoms with Gasteiger partial charge >= 0.3 is 0 Å². The van der Waals surface area contributed by atoms with E-state index in [1.807, 2.05) is 41.1 Å². The van der Waals surface area contributed by atoms with Crippen LogP contribution in [0.1, 0.15) is 5.56 Å². The van der Waals surface area contributed by atoms with E-state index < -0.39 is 0 Å². The zero-order valence-corrected chi connectivity index (χ0v) is 10.4. The van der Waals surface area contributed by atoms with Gasteiger partial charge in [0.2, 0.25) is 0 Å². The van der Waals surface area contributed by atoms with Gasteiger partial charge in [-0.05, 0) is 30.3 Å². The van der Waals surface area contributed by atoms with Gasteiger partial charge in [-0.2, -0.15) is 10.4 Å². The zero-order valence-electron chi connectivity index (χ0n) is 10.4. The zero-order chi connectivity index (χ0) is 13.5. The molecule has 0 radical (unpaired) electrons. The molecular formula is C16H9N3O. The van der Waals surface area contributed by atoms with Crippen LogP contribution in [0.4, 0.5) is 0 Å². The number of hydrogen-bond acceptors (Lipinski definition) is 3. The third-order valence-corrected chi connectivity index (χ3v) is 3.34. The molecule has 0 saturated carbocycles. The van der Waals surface area contributed by atoms with Gasteiger partial charge in [0, 0.05) is 11.6 Å². The Hall–Kier alpha value is -3.06. The molecule has 4 nitrogen and oxygen atoms in total. The van der Waals surface area contributed by atoms with Crippen LogP contribution in [-0.4, -0.2) is 9.78 Å². The fourth-order valence-electron chi connectivity index (χ4n) is 2.43. The molecule has 0 unspecified atom stereocenters. The van der Waals surface area contributed by atoms with E-state index in [0.717, 1.165) is 22.7 Å². The summed E-state index contributed by atoms with van der Waals surface area (Å²) in [4.78, 5) is 0. The third kappa shape index (κ3) is 1.44. The molecule has 4 heteroatoms. The molecule has 0 aliphatic carbocycles. The van der Waals surface area contributed by atoms with Crippen molar-refractivity contribution in [2.75, 3.05) is 0 Å². The molecule has 0 bridgehead atoms. The van der Waals surface area contributed by atoms with Crippen LogP contribution in [0.5, 0.6) is 11.5 Å². The molecule has 0 atom stereocenters. The Labute approximate surface area is 115 Å². The van der Waals surface area contributed by atoms with Gasteiger partial charge in [-0.3, -0.25) is 0 Å². The van der Waals surface area contributed by atoms with E-state index in [2.05, 4.69) is 11.2 Å². The van der Waals surface area contributed by atoms with Crippen molar-refractivity contribution in [3.8, 4) is 34.5 Å². The quantitative estimate of drug-likeness (QED) is 0.485. The first-order valence-corrected chi connectivity index (χ1v) is 6.22. The lowest BCUT2D eigenvalue weighted by molar-refractivity contribution is 0.484. The second kappa shape index (κ2) is 3.97. The number of hydrogen-bond donors (Lipinski definition) is 0. The first-order valence-electron chi connectivity index (χ1n) is 6.22. The lowest BCUT2D eigenvalue weighted by Gasteiger charge is -2.08. The van der Waals surface area contributed by atoms with Crippen LogP contribution in [0.3, 0.4) is 0 Å². The van der Waals surface area contributed by atoms with E-state index in [1.54, 1.807) is 18.3 Å². The molecule has 4 rings (SSSR count). The molecule has 94 valence electrons. The minimum Gasteiger partial charge on any atom is -0.454 e. The number of aromatic nitrogens is 2. The monoisotopic (exact) mass is 259 g/mol. The molecule has 0 N–H and O–H groups in total. The maximum absolute atomic E-state index is 9.03. The number of fused-ring (bicyclic) bond motifs is 5. The van der Waals surface area contributed by atoms with Gasteiger partial charge in [-0.1, -0.05) is 12.1 Å². The molecule has 1 aromatic heterocycles. The molecule has 1 aliphatic rings. The van der Waals surface area contributed by atoms with Crippen LogP contribution in [0.15, 0.2) is 54.7 Å². The van der Waals surface area contributed by atoms with Gasteiger partial charge < -0.3 is 4.74 Å². The molecule has 0 spiro atoms. The predicted molar refractivity (Wildman–Crippen MR) is 73.8 cm³/mol. The largest absolute Gasteiger partial charge is 0.454 e. The summed E-state index contributed by atoms with van der Waals surface area (Å²) >= 11 is 0. The molecule has 20 heavy (non-hydrogen) atoms. The highest BCUT2D eigenvalue weighted by Gasteiger charge is 2.20. The van der Waals surface area contributed by atoms with E-state index in [0.29, 0.717) is 11.3 Å². The van der Waals surface area contributed by atoms with Crippen molar-refractivity contribution in [3.63, 3.8) is 0 Å². The fraction of sp³-hybridized carbons (Fsp3) is 0. The average molecular weight is 259 g/mol. The van der Waals surface area contributed by atoms with E-state index in [9.17, 15) is 0 Å². The number of nitrogens with zero attached hydrogens (tertiary/aromatic N) is 3. The lowest BCUT2D eigenvalue weighted by atomic mass is 10.1. The first kappa shape index (κ1) is 10.8. The Morgan fingerprint density at radius 1 is 1.05 bits per heavy atom. The van der Waals surface area contributed by atoms with Crippen LogP contribution < -0.4 is 4.74 Å². The molecule has 3 aromatic rings. The number of benzene rings is 2. The molecule has 2 aromatic carbocycles. The number of para-hydroxylation sites is 1. The van der Waals surface area contributed by atoms with Crippen LogP contribution in [0.25, 0.3) is 16.9 Å². The summed E-state index contributed by atoms with van der Waals surface area (Å²) in [7, 11) is 0. The Balaban J connectivity index is 2.07. The highest BCUT2D eigenvalue weighted by molar-refractivity contribution is 5.73. The van der Waals surface area contributed by atoms with Gasteiger partial charge in [0.15, 0.2) is 5.75 Å². The Morgan fingerprint density at radius 2 is 1.95 bits per heavy atom. The summed E-state index contributed by atoms with van der Waals surface area (Å²) in [5.74, 6) is 1.40. The molecule has 0 fully saturated rings. The Bertz CT molecular complexity index is 858. The second-order valence-electron chi connectivity index (χ2n) is 4.52. The van der Waals surface area contributed by atoms with E-state index in [-0.39, 0.29) is 0 Å². The topological polar surface area (TPSA) is 50.8 Å². The highest BCUT2D eigenvalue weighted by Crippen LogP contribution is 2.40.